The van der Waals surface area contributed by atoms with E-state index in [1.54, 1.807) is 0 Å². The summed E-state index contributed by atoms with van der Waals surface area (Å²) >= 11 is 0. The van der Waals surface area contributed by atoms with Crippen LogP contribution < -0.4 is 5.32 Å². The Morgan fingerprint density at radius 1 is 1.53 bits per heavy atom. The first-order valence-electron chi connectivity index (χ1n) is 6.38. The maximum absolute atomic E-state index is 5.26. The van der Waals surface area contributed by atoms with E-state index < -0.39 is 0 Å². The highest BCUT2D eigenvalue weighted by Crippen LogP contribution is 2.18. The van der Waals surface area contributed by atoms with Gasteiger partial charge in [0.2, 0.25) is 5.89 Å². The first-order valence-corrected chi connectivity index (χ1v) is 6.38. The minimum Gasteiger partial charge on any atom is -0.338 e. The zero-order chi connectivity index (χ0) is 12.3. The maximum atomic E-state index is 5.26. The van der Waals surface area contributed by atoms with E-state index >= 15 is 0 Å². The van der Waals surface area contributed by atoms with Crippen LogP contribution in [0.5, 0.6) is 0 Å². The van der Waals surface area contributed by atoms with Crippen LogP contribution in [0.25, 0.3) is 0 Å². The Morgan fingerprint density at radius 2 is 2.35 bits per heavy atom. The molecule has 2 rings (SSSR count). The number of rotatable bonds is 5. The summed E-state index contributed by atoms with van der Waals surface area (Å²) in [5.41, 5.74) is 0. The molecule has 1 aliphatic heterocycles. The summed E-state index contributed by atoms with van der Waals surface area (Å²) in [6.07, 6.45) is 1.26. The van der Waals surface area contributed by atoms with E-state index in [-0.39, 0.29) is 0 Å². The Kier molecular flexibility index (Phi) is 4.12. The molecule has 1 aliphatic rings. The summed E-state index contributed by atoms with van der Waals surface area (Å²) in [6.45, 7) is 8.30. The summed E-state index contributed by atoms with van der Waals surface area (Å²) in [6, 6.07) is 0. The van der Waals surface area contributed by atoms with Gasteiger partial charge in [-0.1, -0.05) is 19.0 Å². The molecule has 0 saturated carbocycles. The van der Waals surface area contributed by atoms with Gasteiger partial charge in [0.25, 0.3) is 0 Å². The molecule has 2 heterocycles. The number of nitrogens with one attached hydrogen (secondary N) is 1. The van der Waals surface area contributed by atoms with Crippen LogP contribution in [-0.4, -0.2) is 41.7 Å². The average molecular weight is 238 g/mol. The normalized spacial score (nSPS) is 21.5. The van der Waals surface area contributed by atoms with Crippen molar-refractivity contribution in [3.8, 4) is 0 Å². The van der Waals surface area contributed by atoms with Gasteiger partial charge in [0, 0.05) is 12.5 Å². The van der Waals surface area contributed by atoms with Crippen LogP contribution in [0.1, 0.15) is 37.9 Å². The van der Waals surface area contributed by atoms with E-state index in [1.807, 2.05) is 7.05 Å². The molecule has 0 bridgehead atoms. The lowest BCUT2D eigenvalue weighted by Crippen LogP contribution is -2.24. The molecule has 1 unspecified atom stereocenters. The Hall–Kier alpha value is -0.940. The Morgan fingerprint density at radius 3 is 3.00 bits per heavy atom. The van der Waals surface area contributed by atoms with Crippen molar-refractivity contribution in [1.29, 1.82) is 0 Å². The van der Waals surface area contributed by atoms with Crippen molar-refractivity contribution in [2.45, 2.75) is 32.7 Å². The average Bonchev–Trinajstić information content (AvgIpc) is 2.89. The Balaban J connectivity index is 1.85. The van der Waals surface area contributed by atoms with E-state index in [1.165, 1.54) is 6.42 Å². The van der Waals surface area contributed by atoms with E-state index in [9.17, 15) is 0 Å². The monoisotopic (exact) mass is 238 g/mol. The zero-order valence-electron chi connectivity index (χ0n) is 10.9. The summed E-state index contributed by atoms with van der Waals surface area (Å²) < 4.78 is 5.26. The van der Waals surface area contributed by atoms with Gasteiger partial charge in [-0.3, -0.25) is 4.90 Å². The van der Waals surface area contributed by atoms with Crippen LogP contribution in [-0.2, 0) is 6.54 Å². The lowest BCUT2D eigenvalue weighted by molar-refractivity contribution is 0.259. The molecule has 17 heavy (non-hydrogen) atoms. The smallest absolute Gasteiger partial charge is 0.240 e. The molecule has 1 fully saturated rings. The quantitative estimate of drug-likeness (QED) is 0.836. The fourth-order valence-corrected chi connectivity index (χ4v) is 2.27. The van der Waals surface area contributed by atoms with Crippen molar-refractivity contribution in [3.05, 3.63) is 11.7 Å². The van der Waals surface area contributed by atoms with E-state index in [0.717, 1.165) is 43.8 Å². The predicted octanol–water partition coefficient (Wildman–Crippen LogP) is 1.23. The van der Waals surface area contributed by atoms with Gasteiger partial charge in [0.1, 0.15) is 0 Å². The van der Waals surface area contributed by atoms with E-state index in [2.05, 4.69) is 34.2 Å². The highest BCUT2D eigenvalue weighted by molar-refractivity contribution is 4.92. The second-order valence-electron chi connectivity index (χ2n) is 5.15. The van der Waals surface area contributed by atoms with Crippen molar-refractivity contribution < 1.29 is 4.52 Å². The fraction of sp³-hybridized carbons (Fsp3) is 0.833. The molecule has 0 aromatic carbocycles. The van der Waals surface area contributed by atoms with Gasteiger partial charge in [-0.25, -0.2) is 0 Å². The van der Waals surface area contributed by atoms with Crippen LogP contribution in [0.3, 0.4) is 0 Å². The number of likely N-dealkylation sites (tertiary alicyclic amines) is 1. The molecule has 1 N–H and O–H groups in total. The molecule has 0 amide bonds. The second-order valence-corrected chi connectivity index (χ2v) is 5.15. The van der Waals surface area contributed by atoms with Crippen molar-refractivity contribution >= 4 is 0 Å². The van der Waals surface area contributed by atoms with Crippen molar-refractivity contribution in [2.75, 3.05) is 26.7 Å². The standard InChI is InChI=1S/C12H22N4O/c1-9(2)12-14-11(17-15-12)8-16-5-4-10(7-16)6-13-3/h9-10,13H,4-8H2,1-3H3. The molecule has 1 aromatic heterocycles. The molecule has 0 spiro atoms. The molecule has 1 atom stereocenters. The molecule has 1 saturated heterocycles. The fourth-order valence-electron chi connectivity index (χ4n) is 2.27. The van der Waals surface area contributed by atoms with Crippen LogP contribution in [0.4, 0.5) is 0 Å². The summed E-state index contributed by atoms with van der Waals surface area (Å²) in [4.78, 5) is 6.80. The van der Waals surface area contributed by atoms with Gasteiger partial charge in [0.05, 0.1) is 6.54 Å². The highest BCUT2D eigenvalue weighted by atomic mass is 16.5. The van der Waals surface area contributed by atoms with Crippen molar-refractivity contribution in [2.24, 2.45) is 5.92 Å². The third-order valence-corrected chi connectivity index (χ3v) is 3.22. The van der Waals surface area contributed by atoms with Gasteiger partial charge >= 0.3 is 0 Å². The minimum atomic E-state index is 0.336. The van der Waals surface area contributed by atoms with Gasteiger partial charge < -0.3 is 9.84 Å². The summed E-state index contributed by atoms with van der Waals surface area (Å²) in [7, 11) is 2.01. The SMILES string of the molecule is CNCC1CCN(Cc2nc(C(C)C)no2)C1. The maximum Gasteiger partial charge on any atom is 0.240 e. The van der Waals surface area contributed by atoms with E-state index in [4.69, 9.17) is 4.52 Å². The van der Waals surface area contributed by atoms with Crippen LogP contribution >= 0.6 is 0 Å². The lowest BCUT2D eigenvalue weighted by atomic mass is 10.1. The molecule has 96 valence electrons. The van der Waals surface area contributed by atoms with Crippen LogP contribution in [0, 0.1) is 5.92 Å². The Labute approximate surface area is 103 Å². The van der Waals surface area contributed by atoms with Gasteiger partial charge in [0.15, 0.2) is 5.82 Å². The highest BCUT2D eigenvalue weighted by Gasteiger charge is 2.23. The van der Waals surface area contributed by atoms with Gasteiger partial charge in [-0.05, 0) is 32.5 Å². The third kappa shape index (κ3) is 3.26. The first kappa shape index (κ1) is 12.5. The second kappa shape index (κ2) is 5.60. The minimum absolute atomic E-state index is 0.336. The molecular formula is C12H22N4O. The number of hydrogen-bond donors (Lipinski definition) is 1. The lowest BCUT2D eigenvalue weighted by Gasteiger charge is -2.12. The largest absolute Gasteiger partial charge is 0.338 e. The molecular weight excluding hydrogens is 216 g/mol. The van der Waals surface area contributed by atoms with Crippen LogP contribution in [0.15, 0.2) is 4.52 Å². The predicted molar refractivity (Wildman–Crippen MR) is 65.7 cm³/mol. The topological polar surface area (TPSA) is 54.2 Å². The molecule has 1 aromatic rings. The molecule has 0 radical (unpaired) electrons. The number of nitrogens with zero attached hydrogens (tertiary/aromatic N) is 3. The third-order valence-electron chi connectivity index (χ3n) is 3.22. The zero-order valence-corrected chi connectivity index (χ0v) is 10.9. The molecule has 0 aliphatic carbocycles. The Bertz CT molecular complexity index is 350. The van der Waals surface area contributed by atoms with Crippen LogP contribution in [0.2, 0.25) is 0 Å². The number of aromatic nitrogens is 2. The molecule has 5 nitrogen and oxygen atoms in total. The van der Waals surface area contributed by atoms with E-state index in [0.29, 0.717) is 5.92 Å². The molecule has 5 heteroatoms. The van der Waals surface area contributed by atoms with Crippen molar-refractivity contribution in [1.82, 2.24) is 20.4 Å². The van der Waals surface area contributed by atoms with Gasteiger partial charge in [-0.15, -0.1) is 0 Å². The van der Waals surface area contributed by atoms with Crippen molar-refractivity contribution in [3.63, 3.8) is 0 Å². The summed E-state index contributed by atoms with van der Waals surface area (Å²) in [5.74, 6) is 2.65. The first-order chi connectivity index (χ1) is 8.19. The number of hydrogen-bond acceptors (Lipinski definition) is 5. The summed E-state index contributed by atoms with van der Waals surface area (Å²) in [5, 5.41) is 7.22. The van der Waals surface area contributed by atoms with Gasteiger partial charge in [-0.2, -0.15) is 4.98 Å².